The Labute approximate surface area is 104 Å². The van der Waals surface area contributed by atoms with Gasteiger partial charge in [-0.05, 0) is 6.07 Å². The van der Waals surface area contributed by atoms with Crippen LogP contribution in [0.1, 0.15) is 18.4 Å². The summed E-state index contributed by atoms with van der Waals surface area (Å²) in [5.74, 6) is 0. The molecule has 0 bridgehead atoms. The Morgan fingerprint density at radius 1 is 1.44 bits per heavy atom. The first-order valence-electron chi connectivity index (χ1n) is 4.95. The Hall–Kier alpha value is -1.13. The van der Waals surface area contributed by atoms with Crippen molar-refractivity contribution >= 4 is 27.8 Å². The van der Waals surface area contributed by atoms with Crippen LogP contribution in [0.2, 0.25) is 0 Å². The van der Waals surface area contributed by atoms with Gasteiger partial charge in [0, 0.05) is 12.5 Å². The lowest BCUT2D eigenvalue weighted by molar-refractivity contribution is -0.667. The fraction of sp³-hybridized carbons (Fsp3) is 0.273. The van der Waals surface area contributed by atoms with Crippen molar-refractivity contribution in [2.24, 2.45) is 5.16 Å². The monoisotopic (exact) mass is 256 g/mol. The van der Waals surface area contributed by atoms with Crippen LogP contribution in [0.25, 0.3) is 10.2 Å². The first-order valence-corrected chi connectivity index (χ1v) is 5.77. The lowest BCUT2D eigenvalue weighted by atomic mass is 10.3. The minimum absolute atomic E-state index is 0. The third-order valence-corrected chi connectivity index (χ3v) is 3.35. The Morgan fingerprint density at radius 2 is 2.19 bits per heavy atom. The number of hydrogen-bond acceptors (Lipinski definition) is 3. The smallest absolute Gasteiger partial charge is 0.284 e. The average Bonchev–Trinajstić information content (AvgIpc) is 2.59. The Bertz CT molecular complexity index is 496. The van der Waals surface area contributed by atoms with Crippen molar-refractivity contribution in [3.63, 3.8) is 0 Å². The van der Waals surface area contributed by atoms with E-state index in [2.05, 4.69) is 28.8 Å². The van der Waals surface area contributed by atoms with Crippen LogP contribution in [0, 0.1) is 0 Å². The van der Waals surface area contributed by atoms with Gasteiger partial charge in [0.15, 0.2) is 0 Å². The van der Waals surface area contributed by atoms with Gasteiger partial charge in [0.1, 0.15) is 17.5 Å². The van der Waals surface area contributed by atoms with Crippen molar-refractivity contribution < 1.29 is 22.2 Å². The van der Waals surface area contributed by atoms with E-state index in [1.165, 1.54) is 16.4 Å². The van der Waals surface area contributed by atoms with Crippen molar-refractivity contribution in [1.29, 1.82) is 0 Å². The van der Waals surface area contributed by atoms with Gasteiger partial charge in [-0.25, -0.2) is 0 Å². The summed E-state index contributed by atoms with van der Waals surface area (Å²) in [6.07, 6.45) is 2.57. The number of fused-ring (bicyclic) bond motifs is 1. The van der Waals surface area contributed by atoms with Crippen molar-refractivity contribution in [1.82, 2.24) is 0 Å². The summed E-state index contributed by atoms with van der Waals surface area (Å²) >= 11 is 1.64. The van der Waals surface area contributed by atoms with Crippen LogP contribution in [-0.2, 0) is 6.54 Å². The standard InChI is InChI=1S/C11H12N2OS.ClH/c1-2-7-13-9-5-3-4-6-10(9)15-11(13)8-12-14;/h3-6,8H,2,7H2,1H3;1H. The number of oxime groups is 1. The predicted molar refractivity (Wildman–Crippen MR) is 61.7 cm³/mol. The van der Waals surface area contributed by atoms with E-state index in [4.69, 9.17) is 5.21 Å². The average molecular weight is 257 g/mol. The number of halogens is 1. The van der Waals surface area contributed by atoms with Crippen LogP contribution >= 0.6 is 11.3 Å². The minimum atomic E-state index is 0. The van der Waals surface area contributed by atoms with Crippen molar-refractivity contribution in [3.8, 4) is 0 Å². The zero-order chi connectivity index (χ0) is 10.7. The van der Waals surface area contributed by atoms with Gasteiger partial charge in [-0.15, -0.1) is 0 Å². The third-order valence-electron chi connectivity index (χ3n) is 2.25. The van der Waals surface area contributed by atoms with E-state index >= 15 is 0 Å². The summed E-state index contributed by atoms with van der Waals surface area (Å²) in [6, 6.07) is 8.23. The van der Waals surface area contributed by atoms with Crippen molar-refractivity contribution in [2.75, 3.05) is 0 Å². The van der Waals surface area contributed by atoms with Crippen LogP contribution < -0.4 is 17.0 Å². The molecule has 0 aliphatic heterocycles. The number of rotatable bonds is 3. The molecule has 1 N–H and O–H groups in total. The van der Waals surface area contributed by atoms with Crippen LogP contribution in [0.15, 0.2) is 29.4 Å². The van der Waals surface area contributed by atoms with E-state index in [1.807, 2.05) is 12.1 Å². The third kappa shape index (κ3) is 2.33. The molecule has 0 aliphatic carbocycles. The van der Waals surface area contributed by atoms with Crippen LogP contribution in [-0.4, -0.2) is 11.4 Å². The quantitative estimate of drug-likeness (QED) is 0.339. The molecule has 86 valence electrons. The SMILES string of the molecule is CCC[n+]1c(C=NO)sc2ccccc21.[Cl-]. The number of nitrogens with zero attached hydrogens (tertiary/aromatic N) is 2. The van der Waals surface area contributed by atoms with E-state index in [0.29, 0.717) is 0 Å². The van der Waals surface area contributed by atoms with E-state index in [1.54, 1.807) is 11.3 Å². The lowest BCUT2D eigenvalue weighted by Crippen LogP contribution is -3.00. The van der Waals surface area contributed by atoms with Gasteiger partial charge in [-0.1, -0.05) is 35.5 Å². The van der Waals surface area contributed by atoms with Gasteiger partial charge in [-0.2, -0.15) is 4.57 Å². The summed E-state index contributed by atoms with van der Waals surface area (Å²) in [5.41, 5.74) is 1.21. The van der Waals surface area contributed by atoms with Gasteiger partial charge in [0.25, 0.3) is 5.01 Å². The molecular weight excluding hydrogens is 244 g/mol. The van der Waals surface area contributed by atoms with Crippen LogP contribution in [0.4, 0.5) is 0 Å². The molecule has 0 unspecified atom stereocenters. The molecule has 0 amide bonds. The maximum absolute atomic E-state index is 8.60. The summed E-state index contributed by atoms with van der Waals surface area (Å²) in [6.45, 7) is 3.09. The van der Waals surface area contributed by atoms with E-state index in [0.717, 1.165) is 18.0 Å². The summed E-state index contributed by atoms with van der Waals surface area (Å²) in [5, 5.41) is 12.7. The van der Waals surface area contributed by atoms with Gasteiger partial charge in [-0.3, -0.25) is 0 Å². The highest BCUT2D eigenvalue weighted by Gasteiger charge is 2.17. The number of aryl methyl sites for hydroxylation is 1. The molecule has 2 rings (SSSR count). The maximum atomic E-state index is 8.60. The van der Waals surface area contributed by atoms with Gasteiger partial charge in [0.05, 0.1) is 0 Å². The molecule has 2 aromatic rings. The molecule has 0 aliphatic rings. The van der Waals surface area contributed by atoms with E-state index < -0.39 is 0 Å². The predicted octanol–water partition coefficient (Wildman–Crippen LogP) is -0.589. The highest BCUT2D eigenvalue weighted by molar-refractivity contribution is 7.19. The molecule has 0 radical (unpaired) electrons. The minimum Gasteiger partial charge on any atom is -1.00 e. The van der Waals surface area contributed by atoms with Crippen molar-refractivity contribution in [2.45, 2.75) is 19.9 Å². The van der Waals surface area contributed by atoms with E-state index in [-0.39, 0.29) is 12.4 Å². The second-order valence-electron chi connectivity index (χ2n) is 3.30. The molecule has 5 heteroatoms. The second-order valence-corrected chi connectivity index (χ2v) is 4.37. The Morgan fingerprint density at radius 3 is 2.88 bits per heavy atom. The fourth-order valence-electron chi connectivity index (χ4n) is 1.65. The Balaban J connectivity index is 0.00000128. The first kappa shape index (κ1) is 12.9. The lowest BCUT2D eigenvalue weighted by Gasteiger charge is -1.92. The van der Waals surface area contributed by atoms with Gasteiger partial charge in [0.2, 0.25) is 5.52 Å². The van der Waals surface area contributed by atoms with Crippen molar-refractivity contribution in [3.05, 3.63) is 29.3 Å². The normalized spacial score (nSPS) is 10.8. The number of aromatic nitrogens is 1. The highest BCUT2D eigenvalue weighted by Crippen LogP contribution is 2.18. The largest absolute Gasteiger partial charge is 1.00 e. The molecule has 1 aromatic carbocycles. The fourth-order valence-corrected chi connectivity index (χ4v) is 2.71. The molecule has 0 atom stereocenters. The summed E-state index contributed by atoms with van der Waals surface area (Å²) in [4.78, 5) is 0. The molecule has 0 saturated heterocycles. The number of thiazole rings is 1. The summed E-state index contributed by atoms with van der Waals surface area (Å²) in [7, 11) is 0. The van der Waals surface area contributed by atoms with E-state index in [9.17, 15) is 0 Å². The van der Waals surface area contributed by atoms with Gasteiger partial charge >= 0.3 is 0 Å². The number of hydrogen-bond donors (Lipinski definition) is 1. The molecule has 16 heavy (non-hydrogen) atoms. The number of benzene rings is 1. The molecule has 1 aromatic heterocycles. The number of para-hydroxylation sites is 1. The topological polar surface area (TPSA) is 36.5 Å². The molecule has 1 heterocycles. The molecule has 0 spiro atoms. The molecular formula is C11H13ClN2OS. The Kier molecular flexibility index (Phi) is 4.71. The second kappa shape index (κ2) is 5.82. The maximum Gasteiger partial charge on any atom is 0.284 e. The zero-order valence-corrected chi connectivity index (χ0v) is 10.5. The first-order chi connectivity index (χ1) is 7.36. The van der Waals surface area contributed by atoms with Crippen LogP contribution in [0.3, 0.4) is 0 Å². The zero-order valence-electron chi connectivity index (χ0n) is 8.93. The molecule has 0 saturated carbocycles. The molecule has 3 nitrogen and oxygen atoms in total. The summed E-state index contributed by atoms with van der Waals surface area (Å²) < 4.78 is 3.40. The van der Waals surface area contributed by atoms with Crippen LogP contribution in [0.5, 0.6) is 0 Å². The van der Waals surface area contributed by atoms with Gasteiger partial charge < -0.3 is 17.6 Å². The molecule has 0 fully saturated rings. The highest BCUT2D eigenvalue weighted by atomic mass is 35.5.